The van der Waals surface area contributed by atoms with Gasteiger partial charge < -0.3 is 9.84 Å². The summed E-state index contributed by atoms with van der Waals surface area (Å²) in [6.45, 7) is 0. The van der Waals surface area contributed by atoms with Gasteiger partial charge in [0.05, 0.1) is 22.2 Å². The number of rotatable bonds is 4. The van der Waals surface area contributed by atoms with Crippen LogP contribution < -0.4 is 9.46 Å². The monoisotopic (exact) mass is 357 g/mol. The van der Waals surface area contributed by atoms with Gasteiger partial charge in [-0.1, -0.05) is 12.1 Å². The lowest BCUT2D eigenvalue weighted by molar-refractivity contribution is 0.411. The first-order valence-corrected chi connectivity index (χ1v) is 7.86. The number of sulfonamides is 1. The molecule has 0 aliphatic rings. The summed E-state index contributed by atoms with van der Waals surface area (Å²) in [6.07, 6.45) is 0. The molecule has 2 N–H and O–H groups in total. The van der Waals surface area contributed by atoms with E-state index in [0.29, 0.717) is 10.2 Å². The van der Waals surface area contributed by atoms with Gasteiger partial charge >= 0.3 is 0 Å². The number of para-hydroxylation sites is 2. The standard InChI is InChI=1S/C13H12BrNO4S/c1-19-13-8-9(6-7-10(13)14)20(17,18)15-11-4-2-3-5-12(11)16/h2-8,15-16H,1H3. The molecule has 0 radical (unpaired) electrons. The number of benzene rings is 2. The molecule has 0 unspecified atom stereocenters. The molecule has 0 aliphatic heterocycles. The second kappa shape index (κ2) is 5.72. The van der Waals surface area contributed by atoms with Gasteiger partial charge in [-0.15, -0.1) is 0 Å². The molecule has 0 saturated carbocycles. The number of hydrogen-bond donors (Lipinski definition) is 2. The number of phenolic OH excluding ortho intramolecular Hbond substituents is 1. The second-order valence-corrected chi connectivity index (χ2v) is 6.46. The van der Waals surface area contributed by atoms with E-state index < -0.39 is 10.0 Å². The van der Waals surface area contributed by atoms with E-state index in [1.54, 1.807) is 18.2 Å². The Balaban J connectivity index is 2.38. The Bertz CT molecular complexity index is 731. The number of phenols is 1. The quantitative estimate of drug-likeness (QED) is 0.824. The molecule has 2 aromatic rings. The molecule has 20 heavy (non-hydrogen) atoms. The zero-order valence-corrected chi connectivity index (χ0v) is 12.9. The van der Waals surface area contributed by atoms with Gasteiger partial charge in [0.25, 0.3) is 10.0 Å². The molecule has 0 amide bonds. The SMILES string of the molecule is COc1cc(S(=O)(=O)Nc2ccccc2O)ccc1Br. The van der Waals surface area contributed by atoms with Crippen molar-refractivity contribution >= 4 is 31.6 Å². The predicted octanol–water partition coefficient (Wildman–Crippen LogP) is 2.96. The van der Waals surface area contributed by atoms with Crippen LogP contribution in [0.15, 0.2) is 51.8 Å². The van der Waals surface area contributed by atoms with Gasteiger partial charge in [-0.2, -0.15) is 0 Å². The van der Waals surface area contributed by atoms with Crippen molar-refractivity contribution in [3.05, 3.63) is 46.9 Å². The maximum atomic E-state index is 12.2. The van der Waals surface area contributed by atoms with Crippen LogP contribution >= 0.6 is 15.9 Å². The van der Waals surface area contributed by atoms with Crippen LogP contribution in [0, 0.1) is 0 Å². The number of ether oxygens (including phenoxy) is 1. The highest BCUT2D eigenvalue weighted by Crippen LogP contribution is 2.30. The Kier molecular flexibility index (Phi) is 4.20. The minimum Gasteiger partial charge on any atom is -0.506 e. The van der Waals surface area contributed by atoms with Crippen LogP contribution in [-0.4, -0.2) is 20.6 Å². The van der Waals surface area contributed by atoms with Gasteiger partial charge in [0.15, 0.2) is 0 Å². The maximum Gasteiger partial charge on any atom is 0.262 e. The van der Waals surface area contributed by atoms with Gasteiger partial charge in [0, 0.05) is 6.07 Å². The molecule has 5 nitrogen and oxygen atoms in total. The van der Waals surface area contributed by atoms with Gasteiger partial charge in [0.2, 0.25) is 0 Å². The number of anilines is 1. The Labute approximate surface area is 125 Å². The highest BCUT2D eigenvalue weighted by molar-refractivity contribution is 9.10. The first-order chi connectivity index (χ1) is 9.44. The van der Waals surface area contributed by atoms with Gasteiger partial charge in [0.1, 0.15) is 11.5 Å². The fraction of sp³-hybridized carbons (Fsp3) is 0.0769. The third-order valence-corrected chi connectivity index (χ3v) is 4.60. The Morgan fingerprint density at radius 3 is 2.55 bits per heavy atom. The normalized spacial score (nSPS) is 11.1. The lowest BCUT2D eigenvalue weighted by Gasteiger charge is -2.11. The van der Waals surface area contributed by atoms with E-state index in [1.807, 2.05) is 0 Å². The van der Waals surface area contributed by atoms with Crippen LogP contribution in [0.4, 0.5) is 5.69 Å². The molecule has 0 aliphatic carbocycles. The molecule has 2 aromatic carbocycles. The van der Waals surface area contributed by atoms with Crippen LogP contribution in [0.1, 0.15) is 0 Å². The van der Waals surface area contributed by atoms with Gasteiger partial charge in [-0.25, -0.2) is 8.42 Å². The van der Waals surface area contributed by atoms with E-state index in [2.05, 4.69) is 20.7 Å². The number of methoxy groups -OCH3 is 1. The largest absolute Gasteiger partial charge is 0.506 e. The van der Waals surface area contributed by atoms with E-state index in [-0.39, 0.29) is 16.3 Å². The van der Waals surface area contributed by atoms with E-state index in [9.17, 15) is 13.5 Å². The van der Waals surface area contributed by atoms with Crippen molar-refractivity contribution in [2.75, 3.05) is 11.8 Å². The van der Waals surface area contributed by atoms with Crippen LogP contribution in [0.3, 0.4) is 0 Å². The first kappa shape index (κ1) is 14.7. The second-order valence-electron chi connectivity index (χ2n) is 3.92. The third kappa shape index (κ3) is 3.05. The summed E-state index contributed by atoms with van der Waals surface area (Å²) >= 11 is 3.26. The molecule has 106 valence electrons. The van der Waals surface area contributed by atoms with Crippen LogP contribution in [0.5, 0.6) is 11.5 Å². The topological polar surface area (TPSA) is 75.6 Å². The zero-order chi connectivity index (χ0) is 14.8. The van der Waals surface area contributed by atoms with E-state index in [1.165, 1.54) is 31.4 Å². The number of nitrogens with one attached hydrogen (secondary N) is 1. The average molecular weight is 358 g/mol. The summed E-state index contributed by atoms with van der Waals surface area (Å²) in [7, 11) is -2.34. The molecule has 0 fully saturated rings. The molecular weight excluding hydrogens is 346 g/mol. The Morgan fingerprint density at radius 1 is 1.20 bits per heavy atom. The van der Waals surface area contributed by atoms with Crippen LogP contribution in [-0.2, 0) is 10.0 Å². The van der Waals surface area contributed by atoms with E-state index >= 15 is 0 Å². The van der Waals surface area contributed by atoms with Crippen molar-refractivity contribution in [3.8, 4) is 11.5 Å². The van der Waals surface area contributed by atoms with Crippen LogP contribution in [0.2, 0.25) is 0 Å². The molecule has 2 rings (SSSR count). The molecule has 0 bridgehead atoms. The lowest BCUT2D eigenvalue weighted by Crippen LogP contribution is -2.13. The highest BCUT2D eigenvalue weighted by Gasteiger charge is 2.17. The minimum atomic E-state index is -3.80. The Hall–Kier alpha value is -1.73. The number of aromatic hydroxyl groups is 1. The molecule has 0 aromatic heterocycles. The summed E-state index contributed by atoms with van der Waals surface area (Å²) < 4.78 is 32.5. The van der Waals surface area contributed by atoms with Crippen molar-refractivity contribution in [3.63, 3.8) is 0 Å². The van der Waals surface area contributed by atoms with Crippen molar-refractivity contribution in [1.29, 1.82) is 0 Å². The summed E-state index contributed by atoms with van der Waals surface area (Å²) in [6, 6.07) is 10.5. The average Bonchev–Trinajstić information content (AvgIpc) is 2.41. The minimum absolute atomic E-state index is 0.0424. The summed E-state index contributed by atoms with van der Waals surface area (Å²) in [5.41, 5.74) is 0.120. The molecule has 7 heteroatoms. The number of hydrogen-bond acceptors (Lipinski definition) is 4. The zero-order valence-electron chi connectivity index (χ0n) is 10.5. The van der Waals surface area contributed by atoms with Crippen LogP contribution in [0.25, 0.3) is 0 Å². The van der Waals surface area contributed by atoms with Crippen molar-refractivity contribution < 1.29 is 18.3 Å². The summed E-state index contributed by atoms with van der Waals surface area (Å²) in [5, 5.41) is 9.61. The Morgan fingerprint density at radius 2 is 1.90 bits per heavy atom. The summed E-state index contributed by atoms with van der Waals surface area (Å²) in [4.78, 5) is 0.0424. The molecule has 0 heterocycles. The third-order valence-electron chi connectivity index (χ3n) is 2.58. The fourth-order valence-corrected chi connectivity index (χ4v) is 3.07. The van der Waals surface area contributed by atoms with E-state index in [4.69, 9.17) is 4.74 Å². The fourth-order valence-electron chi connectivity index (χ4n) is 1.57. The highest BCUT2D eigenvalue weighted by atomic mass is 79.9. The summed E-state index contributed by atoms with van der Waals surface area (Å²) in [5.74, 6) is 0.269. The van der Waals surface area contributed by atoms with Crippen molar-refractivity contribution in [2.24, 2.45) is 0 Å². The molecular formula is C13H12BrNO4S. The molecule has 0 spiro atoms. The maximum absolute atomic E-state index is 12.2. The van der Waals surface area contributed by atoms with Gasteiger partial charge in [-0.3, -0.25) is 4.72 Å². The molecule has 0 saturated heterocycles. The lowest BCUT2D eigenvalue weighted by atomic mass is 10.3. The smallest absolute Gasteiger partial charge is 0.262 e. The number of halogens is 1. The molecule has 0 atom stereocenters. The van der Waals surface area contributed by atoms with E-state index in [0.717, 1.165) is 0 Å². The van der Waals surface area contributed by atoms with Crippen molar-refractivity contribution in [2.45, 2.75) is 4.90 Å². The van der Waals surface area contributed by atoms with Crippen molar-refractivity contribution in [1.82, 2.24) is 0 Å². The predicted molar refractivity (Wildman–Crippen MR) is 79.6 cm³/mol. The first-order valence-electron chi connectivity index (χ1n) is 5.58. The van der Waals surface area contributed by atoms with Gasteiger partial charge in [-0.05, 0) is 40.2 Å².